The van der Waals surface area contributed by atoms with E-state index < -0.39 is 11.9 Å². The number of rotatable bonds is 3. The molecule has 6 nitrogen and oxygen atoms in total. The van der Waals surface area contributed by atoms with E-state index >= 15 is 0 Å². The number of carbonyl (C=O) groups excluding carboxylic acids is 1. The first-order chi connectivity index (χ1) is 8.56. The second kappa shape index (κ2) is 4.70. The van der Waals surface area contributed by atoms with E-state index in [2.05, 4.69) is 15.3 Å². The highest BCUT2D eigenvalue weighted by Gasteiger charge is 2.12. The van der Waals surface area contributed by atoms with Gasteiger partial charge >= 0.3 is 5.97 Å². The van der Waals surface area contributed by atoms with Crippen LogP contribution in [0.15, 0.2) is 30.3 Å². The lowest BCUT2D eigenvalue weighted by atomic mass is 10.3. The number of nitrogens with zero attached hydrogens (tertiary/aromatic N) is 1. The lowest BCUT2D eigenvalue weighted by molar-refractivity contribution is 0.0691. The fourth-order valence-electron chi connectivity index (χ4n) is 1.45. The molecule has 18 heavy (non-hydrogen) atoms. The summed E-state index contributed by atoms with van der Waals surface area (Å²) in [6, 6.07) is 7.99. The maximum Gasteiger partial charge on any atom is 0.352 e. The molecule has 2 aromatic rings. The summed E-state index contributed by atoms with van der Waals surface area (Å²) in [4.78, 5) is 29.1. The fourth-order valence-corrected chi connectivity index (χ4v) is 1.45. The third-order valence-electron chi connectivity index (χ3n) is 2.29. The molecule has 0 aromatic carbocycles. The molecule has 0 fully saturated rings. The van der Waals surface area contributed by atoms with Gasteiger partial charge in [0.25, 0.3) is 5.91 Å². The number of aromatic carboxylic acids is 1. The Morgan fingerprint density at radius 1 is 1.22 bits per heavy atom. The second-order valence-corrected chi connectivity index (χ2v) is 3.71. The Kier molecular flexibility index (Phi) is 3.09. The molecule has 0 bridgehead atoms. The number of amides is 1. The molecule has 2 aromatic heterocycles. The number of H-pyrrole nitrogens is 1. The molecule has 2 heterocycles. The summed E-state index contributed by atoms with van der Waals surface area (Å²) in [6.07, 6.45) is 0. The van der Waals surface area contributed by atoms with E-state index in [1.807, 2.05) is 13.0 Å². The molecule has 0 spiro atoms. The van der Waals surface area contributed by atoms with Gasteiger partial charge in [-0.15, -0.1) is 0 Å². The van der Waals surface area contributed by atoms with Crippen molar-refractivity contribution in [3.05, 3.63) is 47.4 Å². The zero-order valence-corrected chi connectivity index (χ0v) is 9.60. The Morgan fingerprint density at radius 3 is 2.56 bits per heavy atom. The van der Waals surface area contributed by atoms with Crippen molar-refractivity contribution in [2.24, 2.45) is 0 Å². The molecule has 0 unspecified atom stereocenters. The summed E-state index contributed by atoms with van der Waals surface area (Å²) in [7, 11) is 0. The van der Waals surface area contributed by atoms with Crippen molar-refractivity contribution in [3.8, 4) is 0 Å². The number of hydrogen-bond acceptors (Lipinski definition) is 3. The predicted molar refractivity (Wildman–Crippen MR) is 64.7 cm³/mol. The quantitative estimate of drug-likeness (QED) is 0.766. The van der Waals surface area contributed by atoms with Gasteiger partial charge in [0.2, 0.25) is 0 Å². The lowest BCUT2D eigenvalue weighted by Gasteiger charge is -2.03. The Morgan fingerprint density at radius 2 is 1.94 bits per heavy atom. The molecule has 0 saturated carbocycles. The van der Waals surface area contributed by atoms with Crippen LogP contribution in [0.4, 0.5) is 5.82 Å². The maximum absolute atomic E-state index is 11.8. The molecule has 2 rings (SSSR count). The van der Waals surface area contributed by atoms with Gasteiger partial charge in [-0.05, 0) is 31.2 Å². The van der Waals surface area contributed by atoms with Crippen LogP contribution in [0.3, 0.4) is 0 Å². The van der Waals surface area contributed by atoms with Crippen molar-refractivity contribution in [2.75, 3.05) is 5.32 Å². The van der Waals surface area contributed by atoms with Gasteiger partial charge < -0.3 is 15.4 Å². The normalized spacial score (nSPS) is 10.1. The van der Waals surface area contributed by atoms with Crippen molar-refractivity contribution in [2.45, 2.75) is 6.92 Å². The maximum atomic E-state index is 11.8. The number of carboxylic acid groups (broad SMARTS) is 1. The predicted octanol–water partition coefficient (Wildman–Crippen LogP) is 1.67. The summed E-state index contributed by atoms with van der Waals surface area (Å²) in [6.45, 7) is 1.81. The minimum Gasteiger partial charge on any atom is -0.477 e. The van der Waals surface area contributed by atoms with E-state index in [1.54, 1.807) is 12.1 Å². The van der Waals surface area contributed by atoms with Crippen LogP contribution in [0.5, 0.6) is 0 Å². The Balaban J connectivity index is 2.14. The van der Waals surface area contributed by atoms with Gasteiger partial charge in [-0.2, -0.15) is 0 Å². The molecule has 6 heteroatoms. The topological polar surface area (TPSA) is 95.1 Å². The highest BCUT2D eigenvalue weighted by atomic mass is 16.4. The number of hydrogen-bond donors (Lipinski definition) is 3. The number of nitrogens with one attached hydrogen (secondary N) is 2. The number of aromatic amines is 1. The smallest absolute Gasteiger partial charge is 0.352 e. The van der Waals surface area contributed by atoms with Crippen LogP contribution in [0.2, 0.25) is 0 Å². The summed E-state index contributed by atoms with van der Waals surface area (Å²) >= 11 is 0. The second-order valence-electron chi connectivity index (χ2n) is 3.71. The summed E-state index contributed by atoms with van der Waals surface area (Å²) in [5.74, 6) is -1.12. The lowest BCUT2D eigenvalue weighted by Crippen LogP contribution is -2.14. The van der Waals surface area contributed by atoms with Crippen molar-refractivity contribution in [1.82, 2.24) is 9.97 Å². The first-order valence-electron chi connectivity index (χ1n) is 5.23. The molecule has 3 N–H and O–H groups in total. The van der Waals surface area contributed by atoms with E-state index in [4.69, 9.17) is 5.11 Å². The van der Waals surface area contributed by atoms with E-state index in [1.165, 1.54) is 12.1 Å². The highest BCUT2D eigenvalue weighted by molar-refractivity contribution is 6.03. The van der Waals surface area contributed by atoms with Crippen LogP contribution in [0, 0.1) is 6.92 Å². The molecule has 0 aliphatic carbocycles. The zero-order chi connectivity index (χ0) is 13.1. The molecule has 0 radical (unpaired) electrons. The van der Waals surface area contributed by atoms with Gasteiger partial charge in [0.1, 0.15) is 17.2 Å². The SMILES string of the molecule is Cc1cccc(NC(=O)c2ccc(C(=O)O)[nH]2)n1. The monoisotopic (exact) mass is 245 g/mol. The number of carbonyl (C=O) groups is 2. The van der Waals surface area contributed by atoms with Gasteiger partial charge in [-0.25, -0.2) is 9.78 Å². The molecule has 0 aliphatic rings. The molecule has 92 valence electrons. The molecule has 0 aliphatic heterocycles. The van der Waals surface area contributed by atoms with Gasteiger partial charge in [0.15, 0.2) is 0 Å². The zero-order valence-electron chi connectivity index (χ0n) is 9.60. The number of anilines is 1. The molecule has 0 atom stereocenters. The molecule has 0 saturated heterocycles. The molecular formula is C12H11N3O3. The Hall–Kier alpha value is -2.63. The number of aromatic nitrogens is 2. The van der Waals surface area contributed by atoms with E-state index in [0.29, 0.717) is 5.82 Å². The number of aryl methyl sites for hydroxylation is 1. The van der Waals surface area contributed by atoms with Crippen LogP contribution >= 0.6 is 0 Å². The highest BCUT2D eigenvalue weighted by Crippen LogP contribution is 2.08. The summed E-state index contributed by atoms with van der Waals surface area (Å²) < 4.78 is 0. The van der Waals surface area contributed by atoms with E-state index in [0.717, 1.165) is 5.69 Å². The van der Waals surface area contributed by atoms with Gasteiger partial charge in [0.05, 0.1) is 0 Å². The van der Waals surface area contributed by atoms with E-state index in [-0.39, 0.29) is 11.4 Å². The average Bonchev–Trinajstić information content (AvgIpc) is 2.78. The standard InChI is InChI=1S/C12H11N3O3/c1-7-3-2-4-10(13-7)15-11(16)8-5-6-9(14-8)12(17)18/h2-6,14H,1H3,(H,17,18)(H,13,15,16). The van der Waals surface area contributed by atoms with Crippen LogP contribution in [-0.2, 0) is 0 Å². The van der Waals surface area contributed by atoms with Crippen molar-refractivity contribution in [1.29, 1.82) is 0 Å². The van der Waals surface area contributed by atoms with Gasteiger partial charge in [0, 0.05) is 5.69 Å². The largest absolute Gasteiger partial charge is 0.477 e. The summed E-state index contributed by atoms with van der Waals surface area (Å²) in [5, 5.41) is 11.3. The summed E-state index contributed by atoms with van der Waals surface area (Å²) in [5.41, 5.74) is 0.929. The minimum atomic E-state index is -1.11. The number of pyridine rings is 1. The minimum absolute atomic E-state index is 0.0302. The van der Waals surface area contributed by atoms with Crippen molar-refractivity contribution >= 4 is 17.7 Å². The first kappa shape index (κ1) is 11.8. The van der Waals surface area contributed by atoms with Crippen molar-refractivity contribution in [3.63, 3.8) is 0 Å². The third-order valence-corrected chi connectivity index (χ3v) is 2.29. The average molecular weight is 245 g/mol. The molecular weight excluding hydrogens is 234 g/mol. The Bertz CT molecular complexity index is 604. The van der Waals surface area contributed by atoms with E-state index in [9.17, 15) is 9.59 Å². The third kappa shape index (κ3) is 2.54. The van der Waals surface area contributed by atoms with Crippen molar-refractivity contribution < 1.29 is 14.7 Å². The van der Waals surface area contributed by atoms with Crippen LogP contribution < -0.4 is 5.32 Å². The Labute approximate surface area is 103 Å². The van der Waals surface area contributed by atoms with Gasteiger partial charge in [-0.3, -0.25) is 4.79 Å². The number of carboxylic acids is 1. The van der Waals surface area contributed by atoms with Gasteiger partial charge in [-0.1, -0.05) is 6.07 Å². The first-order valence-corrected chi connectivity index (χ1v) is 5.23. The molecule has 1 amide bonds. The fraction of sp³-hybridized carbons (Fsp3) is 0.0833. The van der Waals surface area contributed by atoms with Crippen LogP contribution in [0.25, 0.3) is 0 Å². The van der Waals surface area contributed by atoms with Crippen LogP contribution in [0.1, 0.15) is 26.7 Å². The van der Waals surface area contributed by atoms with Crippen LogP contribution in [-0.4, -0.2) is 27.0 Å².